The van der Waals surface area contributed by atoms with Gasteiger partial charge in [-0.25, -0.2) is 0 Å². The largest absolute Gasteiger partial charge is 0.382 e. The molecule has 0 bridgehead atoms. The molecule has 1 saturated carbocycles. The van der Waals surface area contributed by atoms with Gasteiger partial charge in [0.15, 0.2) is 0 Å². The van der Waals surface area contributed by atoms with Crippen LogP contribution in [0.15, 0.2) is 0 Å². The van der Waals surface area contributed by atoms with Crippen molar-refractivity contribution >= 4 is 0 Å². The molecule has 2 nitrogen and oxygen atoms in total. The number of rotatable bonds is 8. The van der Waals surface area contributed by atoms with Crippen molar-refractivity contribution in [3.05, 3.63) is 0 Å². The Morgan fingerprint density at radius 1 is 1.31 bits per heavy atom. The highest BCUT2D eigenvalue weighted by molar-refractivity contribution is 4.94. The highest BCUT2D eigenvalue weighted by Gasteiger charge is 2.40. The Kier molecular flexibility index (Phi) is 4.74. The molecule has 1 aliphatic carbocycles. The first-order chi connectivity index (χ1) is 6.33. The van der Waals surface area contributed by atoms with Gasteiger partial charge in [-0.2, -0.15) is 0 Å². The minimum atomic E-state index is 0.660. The van der Waals surface area contributed by atoms with E-state index in [2.05, 4.69) is 19.2 Å². The third-order valence-corrected chi connectivity index (χ3v) is 2.91. The van der Waals surface area contributed by atoms with Crippen molar-refractivity contribution in [1.82, 2.24) is 5.32 Å². The predicted octanol–water partition coefficient (Wildman–Crippen LogP) is 2.19. The van der Waals surface area contributed by atoms with E-state index < -0.39 is 0 Å². The van der Waals surface area contributed by atoms with Gasteiger partial charge in [-0.1, -0.05) is 6.92 Å². The van der Waals surface area contributed by atoms with E-state index in [-0.39, 0.29) is 0 Å². The minimum absolute atomic E-state index is 0.660. The lowest BCUT2D eigenvalue weighted by molar-refractivity contribution is 0.138. The Labute approximate surface area is 82.0 Å². The Bertz CT molecular complexity index is 132. The fourth-order valence-corrected chi connectivity index (χ4v) is 1.78. The van der Waals surface area contributed by atoms with Crippen LogP contribution in [0, 0.1) is 5.41 Å². The summed E-state index contributed by atoms with van der Waals surface area (Å²) in [6, 6.07) is 0. The van der Waals surface area contributed by atoms with Crippen molar-refractivity contribution in [2.24, 2.45) is 5.41 Å². The van der Waals surface area contributed by atoms with E-state index in [1.165, 1.54) is 32.2 Å². The summed E-state index contributed by atoms with van der Waals surface area (Å²) in [4.78, 5) is 0. The normalized spacial score (nSPS) is 18.9. The lowest BCUT2D eigenvalue weighted by Crippen LogP contribution is -2.23. The molecule has 0 atom stereocenters. The lowest BCUT2D eigenvalue weighted by Gasteiger charge is -2.14. The smallest absolute Gasteiger partial charge is 0.0466 e. The van der Waals surface area contributed by atoms with E-state index in [0.717, 1.165) is 19.8 Å². The van der Waals surface area contributed by atoms with Crippen LogP contribution >= 0.6 is 0 Å². The molecule has 0 amide bonds. The van der Waals surface area contributed by atoms with Crippen LogP contribution in [0.1, 0.15) is 39.5 Å². The van der Waals surface area contributed by atoms with Crippen LogP contribution in [0.4, 0.5) is 0 Å². The summed E-state index contributed by atoms with van der Waals surface area (Å²) >= 11 is 0. The summed E-state index contributed by atoms with van der Waals surface area (Å²) in [5.74, 6) is 0. The van der Waals surface area contributed by atoms with Gasteiger partial charge in [0.1, 0.15) is 0 Å². The van der Waals surface area contributed by atoms with Crippen LogP contribution < -0.4 is 5.32 Å². The molecule has 13 heavy (non-hydrogen) atoms. The third-order valence-electron chi connectivity index (χ3n) is 2.91. The average molecular weight is 185 g/mol. The van der Waals surface area contributed by atoms with Crippen LogP contribution in [0.5, 0.6) is 0 Å². The summed E-state index contributed by atoms with van der Waals surface area (Å²) in [5.41, 5.74) is 0.660. The maximum atomic E-state index is 5.34. The molecule has 0 aliphatic heterocycles. The van der Waals surface area contributed by atoms with Crippen molar-refractivity contribution < 1.29 is 4.74 Å². The van der Waals surface area contributed by atoms with Gasteiger partial charge in [-0.15, -0.1) is 0 Å². The van der Waals surface area contributed by atoms with E-state index >= 15 is 0 Å². The molecular weight excluding hydrogens is 162 g/mol. The molecule has 1 aliphatic rings. The summed E-state index contributed by atoms with van der Waals surface area (Å²) in [7, 11) is 0. The van der Waals surface area contributed by atoms with Crippen LogP contribution in [0.3, 0.4) is 0 Å². The van der Waals surface area contributed by atoms with Crippen LogP contribution in [0.25, 0.3) is 0 Å². The van der Waals surface area contributed by atoms with Gasteiger partial charge in [-0.05, 0) is 44.6 Å². The van der Waals surface area contributed by atoms with Gasteiger partial charge in [0.25, 0.3) is 0 Å². The number of nitrogens with one attached hydrogen (secondary N) is 1. The van der Waals surface area contributed by atoms with E-state index in [0.29, 0.717) is 5.41 Å². The van der Waals surface area contributed by atoms with E-state index in [1.807, 2.05) is 0 Å². The Morgan fingerprint density at radius 2 is 2.08 bits per heavy atom. The number of hydrogen-bond acceptors (Lipinski definition) is 2. The zero-order chi connectivity index (χ0) is 9.57. The SMILES string of the molecule is CCNCC1(CCCOCC)CC1. The molecular formula is C11H23NO. The summed E-state index contributed by atoms with van der Waals surface area (Å²) in [6.07, 6.45) is 5.43. The van der Waals surface area contributed by atoms with Gasteiger partial charge in [0.2, 0.25) is 0 Å². The molecule has 2 heteroatoms. The van der Waals surface area contributed by atoms with Gasteiger partial charge < -0.3 is 10.1 Å². The molecule has 0 aromatic carbocycles. The maximum Gasteiger partial charge on any atom is 0.0466 e. The Hall–Kier alpha value is -0.0800. The molecule has 0 saturated heterocycles. The van der Waals surface area contributed by atoms with Crippen molar-refractivity contribution in [3.8, 4) is 0 Å². The minimum Gasteiger partial charge on any atom is -0.382 e. The predicted molar refractivity (Wildman–Crippen MR) is 55.9 cm³/mol. The monoisotopic (exact) mass is 185 g/mol. The zero-order valence-corrected chi connectivity index (χ0v) is 9.07. The second kappa shape index (κ2) is 5.61. The fraction of sp³-hybridized carbons (Fsp3) is 1.00. The van der Waals surface area contributed by atoms with E-state index in [1.54, 1.807) is 0 Å². The van der Waals surface area contributed by atoms with E-state index in [4.69, 9.17) is 4.74 Å². The second-order valence-corrected chi connectivity index (χ2v) is 4.08. The fourth-order valence-electron chi connectivity index (χ4n) is 1.78. The average Bonchev–Trinajstić information content (AvgIpc) is 2.91. The first-order valence-corrected chi connectivity index (χ1v) is 5.61. The second-order valence-electron chi connectivity index (χ2n) is 4.08. The molecule has 0 radical (unpaired) electrons. The summed E-state index contributed by atoms with van der Waals surface area (Å²) < 4.78 is 5.34. The first-order valence-electron chi connectivity index (χ1n) is 5.61. The molecule has 0 spiro atoms. The van der Waals surface area contributed by atoms with Crippen molar-refractivity contribution in [1.29, 1.82) is 0 Å². The van der Waals surface area contributed by atoms with Crippen LogP contribution in [0.2, 0.25) is 0 Å². The number of ether oxygens (including phenoxy) is 1. The third kappa shape index (κ3) is 4.10. The zero-order valence-electron chi connectivity index (χ0n) is 9.07. The molecule has 1 rings (SSSR count). The Morgan fingerprint density at radius 3 is 2.62 bits per heavy atom. The van der Waals surface area contributed by atoms with Gasteiger partial charge in [0, 0.05) is 19.8 Å². The molecule has 0 heterocycles. The van der Waals surface area contributed by atoms with Gasteiger partial charge >= 0.3 is 0 Å². The molecule has 78 valence electrons. The van der Waals surface area contributed by atoms with Crippen molar-refractivity contribution in [3.63, 3.8) is 0 Å². The number of hydrogen-bond donors (Lipinski definition) is 1. The highest BCUT2D eigenvalue weighted by Crippen LogP contribution is 2.48. The molecule has 0 aromatic heterocycles. The standard InChI is InChI=1S/C11H23NO/c1-3-12-10-11(7-8-11)6-5-9-13-4-2/h12H,3-10H2,1-2H3. The quantitative estimate of drug-likeness (QED) is 0.585. The van der Waals surface area contributed by atoms with Crippen LogP contribution in [-0.4, -0.2) is 26.3 Å². The highest BCUT2D eigenvalue weighted by atomic mass is 16.5. The molecule has 1 N–H and O–H groups in total. The van der Waals surface area contributed by atoms with Gasteiger partial charge in [0.05, 0.1) is 0 Å². The Balaban J connectivity index is 1.99. The van der Waals surface area contributed by atoms with Crippen LogP contribution in [-0.2, 0) is 4.74 Å². The molecule has 0 aromatic rings. The van der Waals surface area contributed by atoms with Crippen molar-refractivity contribution in [2.75, 3.05) is 26.3 Å². The maximum absolute atomic E-state index is 5.34. The topological polar surface area (TPSA) is 21.3 Å². The van der Waals surface area contributed by atoms with Gasteiger partial charge in [-0.3, -0.25) is 0 Å². The van der Waals surface area contributed by atoms with Crippen molar-refractivity contribution in [2.45, 2.75) is 39.5 Å². The molecule has 1 fully saturated rings. The first kappa shape index (κ1) is 11.0. The summed E-state index contributed by atoms with van der Waals surface area (Å²) in [5, 5.41) is 3.45. The van der Waals surface area contributed by atoms with E-state index in [9.17, 15) is 0 Å². The summed E-state index contributed by atoms with van der Waals surface area (Å²) in [6.45, 7) is 8.37. The molecule has 0 unspecified atom stereocenters. The lowest BCUT2D eigenvalue weighted by atomic mass is 10.0.